The number of rotatable bonds is 4. The topological polar surface area (TPSA) is 88.2 Å². The number of thiazole rings is 1. The molecular weight excluding hydrogens is 346 g/mol. The largest absolute Gasteiger partial charge is 0.508 e. The van der Waals surface area contributed by atoms with Crippen LogP contribution in [0, 0.1) is 6.92 Å². The van der Waals surface area contributed by atoms with E-state index in [4.69, 9.17) is 17.3 Å². The summed E-state index contributed by atoms with van der Waals surface area (Å²) >= 11 is 7.43. The van der Waals surface area contributed by atoms with Gasteiger partial charge in [0.05, 0.1) is 10.7 Å². The number of aryl methyl sites for hydroxylation is 1. The van der Waals surface area contributed by atoms with Crippen molar-refractivity contribution >= 4 is 39.7 Å². The van der Waals surface area contributed by atoms with Crippen molar-refractivity contribution in [1.29, 1.82) is 0 Å². The highest BCUT2D eigenvalue weighted by atomic mass is 35.5. The zero-order valence-electron chi connectivity index (χ0n) is 12.7. The minimum atomic E-state index is -0.564. The van der Waals surface area contributed by atoms with Crippen molar-refractivity contribution in [3.05, 3.63) is 57.9 Å². The first-order valence-electron chi connectivity index (χ1n) is 7.08. The van der Waals surface area contributed by atoms with Crippen molar-refractivity contribution in [3.8, 4) is 17.0 Å². The Hall–Kier alpha value is -2.57. The molecule has 24 heavy (non-hydrogen) atoms. The van der Waals surface area contributed by atoms with Crippen molar-refractivity contribution in [2.45, 2.75) is 6.92 Å². The molecule has 1 heterocycles. The molecule has 0 radical (unpaired) electrons. The maximum Gasteiger partial charge on any atom is 0.261 e. The number of nitrogens with zero attached hydrogens (tertiary/aromatic N) is 1. The van der Waals surface area contributed by atoms with Gasteiger partial charge in [0, 0.05) is 17.3 Å². The van der Waals surface area contributed by atoms with E-state index in [-0.39, 0.29) is 5.75 Å². The molecule has 4 N–H and O–H groups in total. The van der Waals surface area contributed by atoms with Gasteiger partial charge in [0.1, 0.15) is 10.6 Å². The van der Waals surface area contributed by atoms with Crippen LogP contribution in [0.4, 0.5) is 10.8 Å². The lowest BCUT2D eigenvalue weighted by molar-refractivity contribution is 0.100. The van der Waals surface area contributed by atoms with Crippen LogP contribution < -0.4 is 11.1 Å². The summed E-state index contributed by atoms with van der Waals surface area (Å²) in [6.45, 7) is 1.90. The van der Waals surface area contributed by atoms with Crippen LogP contribution in [0.3, 0.4) is 0 Å². The van der Waals surface area contributed by atoms with Crippen LogP contribution in [0.25, 0.3) is 11.3 Å². The second-order valence-corrected chi connectivity index (χ2v) is 6.57. The molecule has 0 saturated heterocycles. The second kappa shape index (κ2) is 6.51. The molecule has 0 aliphatic heterocycles. The van der Waals surface area contributed by atoms with Crippen molar-refractivity contribution in [3.63, 3.8) is 0 Å². The Labute approximate surface area is 147 Å². The van der Waals surface area contributed by atoms with E-state index in [2.05, 4.69) is 10.3 Å². The first-order chi connectivity index (χ1) is 11.5. The molecule has 3 rings (SSSR count). The molecule has 2 aromatic carbocycles. The standard InChI is InChI=1S/C17H14ClN3O2S/c1-9-4-2-7-12(18)13(9)14-15(16(19)23)24-17(21-14)20-10-5-3-6-11(22)8-10/h2-8,22H,1H3,(H2,19,23)(H,20,21). The third-order valence-electron chi connectivity index (χ3n) is 3.41. The highest BCUT2D eigenvalue weighted by Crippen LogP contribution is 2.37. The molecule has 0 fully saturated rings. The predicted molar refractivity (Wildman–Crippen MR) is 97.2 cm³/mol. The summed E-state index contributed by atoms with van der Waals surface area (Å²) in [5.41, 5.74) is 8.21. The van der Waals surface area contributed by atoms with Gasteiger partial charge in [0.2, 0.25) is 0 Å². The number of phenols is 1. The summed E-state index contributed by atoms with van der Waals surface area (Å²) in [5, 5.41) is 13.6. The SMILES string of the molecule is Cc1cccc(Cl)c1-c1nc(Nc2cccc(O)c2)sc1C(N)=O. The van der Waals surface area contributed by atoms with E-state index in [1.54, 1.807) is 30.3 Å². The number of phenolic OH excluding ortho intramolecular Hbond substituents is 1. The summed E-state index contributed by atoms with van der Waals surface area (Å²) < 4.78 is 0. The van der Waals surface area contributed by atoms with Crippen molar-refractivity contribution < 1.29 is 9.90 Å². The molecule has 1 amide bonds. The number of aromatic nitrogens is 1. The van der Waals surface area contributed by atoms with Crippen molar-refractivity contribution in [2.24, 2.45) is 5.73 Å². The first kappa shape index (κ1) is 16.3. The minimum Gasteiger partial charge on any atom is -0.508 e. The van der Waals surface area contributed by atoms with Gasteiger partial charge in [-0.15, -0.1) is 0 Å². The number of hydrogen-bond donors (Lipinski definition) is 3. The minimum absolute atomic E-state index is 0.133. The number of nitrogens with two attached hydrogens (primary N) is 1. The fourth-order valence-corrected chi connectivity index (χ4v) is 3.50. The van der Waals surface area contributed by atoms with Crippen LogP contribution in [0.1, 0.15) is 15.2 Å². The highest BCUT2D eigenvalue weighted by Gasteiger charge is 2.21. The van der Waals surface area contributed by atoms with Crippen LogP contribution in [0.2, 0.25) is 5.02 Å². The summed E-state index contributed by atoms with van der Waals surface area (Å²) in [6.07, 6.45) is 0. The molecule has 7 heteroatoms. The van der Waals surface area contributed by atoms with Gasteiger partial charge in [0.15, 0.2) is 5.13 Å². The molecule has 0 spiro atoms. The third-order valence-corrected chi connectivity index (χ3v) is 4.71. The molecule has 0 bridgehead atoms. The highest BCUT2D eigenvalue weighted by molar-refractivity contribution is 7.18. The van der Waals surface area contributed by atoms with Gasteiger partial charge in [-0.1, -0.05) is 41.1 Å². The molecule has 0 aliphatic rings. The van der Waals surface area contributed by atoms with Crippen LogP contribution in [-0.4, -0.2) is 16.0 Å². The Kier molecular flexibility index (Phi) is 4.42. The van der Waals surface area contributed by atoms with Crippen LogP contribution in [0.15, 0.2) is 42.5 Å². The van der Waals surface area contributed by atoms with Crippen LogP contribution >= 0.6 is 22.9 Å². The lowest BCUT2D eigenvalue weighted by Gasteiger charge is -2.06. The summed E-state index contributed by atoms with van der Waals surface area (Å²) in [7, 11) is 0. The number of nitrogens with one attached hydrogen (secondary N) is 1. The lowest BCUT2D eigenvalue weighted by atomic mass is 10.0. The maximum absolute atomic E-state index is 11.8. The number of amides is 1. The average molecular weight is 360 g/mol. The Morgan fingerprint density at radius 1 is 1.29 bits per heavy atom. The molecule has 0 atom stereocenters. The molecule has 5 nitrogen and oxygen atoms in total. The van der Waals surface area contributed by atoms with Gasteiger partial charge < -0.3 is 16.2 Å². The van der Waals surface area contributed by atoms with Crippen molar-refractivity contribution in [2.75, 3.05) is 5.32 Å². The zero-order chi connectivity index (χ0) is 17.3. The molecular formula is C17H14ClN3O2S. The van der Waals surface area contributed by atoms with E-state index in [1.807, 2.05) is 19.1 Å². The fraction of sp³-hybridized carbons (Fsp3) is 0.0588. The number of benzene rings is 2. The lowest BCUT2D eigenvalue weighted by Crippen LogP contribution is -2.10. The van der Waals surface area contributed by atoms with E-state index >= 15 is 0 Å². The summed E-state index contributed by atoms with van der Waals surface area (Å²) in [6, 6.07) is 12.1. The zero-order valence-corrected chi connectivity index (χ0v) is 14.3. The van der Waals surface area contributed by atoms with Gasteiger partial charge in [-0.25, -0.2) is 4.98 Å². The van der Waals surface area contributed by atoms with Crippen molar-refractivity contribution in [1.82, 2.24) is 4.98 Å². The predicted octanol–water partition coefficient (Wildman–Crippen LogP) is 4.32. The van der Waals surface area contributed by atoms with E-state index in [0.29, 0.717) is 32.0 Å². The number of primary amides is 1. The second-order valence-electron chi connectivity index (χ2n) is 5.17. The summed E-state index contributed by atoms with van der Waals surface area (Å²) in [4.78, 5) is 16.6. The Bertz CT molecular complexity index is 904. The normalized spacial score (nSPS) is 10.6. The number of carbonyl (C=O) groups is 1. The van der Waals surface area contributed by atoms with E-state index in [9.17, 15) is 9.90 Å². The monoisotopic (exact) mass is 359 g/mol. The molecule has 122 valence electrons. The Morgan fingerprint density at radius 2 is 2.04 bits per heavy atom. The number of aromatic hydroxyl groups is 1. The van der Waals surface area contributed by atoms with E-state index < -0.39 is 5.91 Å². The summed E-state index contributed by atoms with van der Waals surface area (Å²) in [5.74, 6) is -0.431. The van der Waals surface area contributed by atoms with E-state index in [1.165, 1.54) is 0 Å². The fourth-order valence-electron chi connectivity index (χ4n) is 2.35. The smallest absolute Gasteiger partial charge is 0.261 e. The van der Waals surface area contributed by atoms with Gasteiger partial charge in [-0.2, -0.15) is 0 Å². The molecule has 0 unspecified atom stereocenters. The quantitative estimate of drug-likeness (QED) is 0.647. The Balaban J connectivity index is 2.07. The van der Waals surface area contributed by atoms with E-state index in [0.717, 1.165) is 16.9 Å². The number of anilines is 2. The number of hydrogen-bond acceptors (Lipinski definition) is 5. The van der Waals surface area contributed by atoms with Gasteiger partial charge in [0.25, 0.3) is 5.91 Å². The maximum atomic E-state index is 11.8. The number of carbonyl (C=O) groups excluding carboxylic acids is 1. The first-order valence-corrected chi connectivity index (χ1v) is 8.27. The number of halogens is 1. The molecule has 0 aliphatic carbocycles. The molecule has 0 saturated carbocycles. The van der Waals surface area contributed by atoms with Gasteiger partial charge in [-0.3, -0.25) is 4.79 Å². The Morgan fingerprint density at radius 3 is 2.71 bits per heavy atom. The average Bonchev–Trinajstić information content (AvgIpc) is 2.91. The van der Waals surface area contributed by atoms with Crippen LogP contribution in [-0.2, 0) is 0 Å². The molecule has 3 aromatic rings. The molecule has 1 aromatic heterocycles. The van der Waals surface area contributed by atoms with Gasteiger partial charge >= 0.3 is 0 Å². The third kappa shape index (κ3) is 3.20. The van der Waals surface area contributed by atoms with Gasteiger partial charge in [-0.05, 0) is 30.7 Å². The van der Waals surface area contributed by atoms with Crippen LogP contribution in [0.5, 0.6) is 5.75 Å².